The molecule has 0 aliphatic heterocycles. The number of nitrogens with zero attached hydrogens (tertiary/aromatic N) is 4. The number of hydrogen-bond acceptors (Lipinski definition) is 4. The van der Waals surface area contributed by atoms with E-state index in [-0.39, 0.29) is 0 Å². The third kappa shape index (κ3) is 5.86. The number of aromatic nitrogens is 4. The Kier molecular flexibility index (Phi) is 8.36. The molecule has 0 spiro atoms. The zero-order valence-electron chi connectivity index (χ0n) is 34.5. The van der Waals surface area contributed by atoms with E-state index < -0.39 is 0 Å². The molecular weight excluding hydrogens is 797 g/mol. The number of fused-ring (bicyclic) bond motifs is 9. The van der Waals surface area contributed by atoms with Crippen molar-refractivity contribution in [3.05, 3.63) is 218 Å². The maximum absolute atomic E-state index is 5.36. The predicted octanol–water partition coefficient (Wildman–Crippen LogP) is 16.0. The summed E-state index contributed by atoms with van der Waals surface area (Å²) in [5, 5.41) is 9.89. The Balaban J connectivity index is 1.13. The summed E-state index contributed by atoms with van der Waals surface area (Å²) < 4.78 is 4.99. The molecule has 0 amide bonds. The van der Waals surface area contributed by atoms with Gasteiger partial charge in [-0.2, -0.15) is 0 Å². The highest BCUT2D eigenvalue weighted by Gasteiger charge is 2.22. The van der Waals surface area contributed by atoms with Crippen LogP contribution >= 0.6 is 11.3 Å². The molecular formula is C59H36N4S. The smallest absolute Gasteiger partial charge is 0.164 e. The second-order valence-electron chi connectivity index (χ2n) is 16.3. The molecule has 298 valence electrons. The maximum Gasteiger partial charge on any atom is 0.164 e. The van der Waals surface area contributed by atoms with Crippen LogP contribution in [0.2, 0.25) is 0 Å². The van der Waals surface area contributed by atoms with Gasteiger partial charge in [-0.15, -0.1) is 11.3 Å². The summed E-state index contributed by atoms with van der Waals surface area (Å²) in [4.78, 5) is 15.8. The van der Waals surface area contributed by atoms with Crippen LogP contribution in [0.3, 0.4) is 0 Å². The fourth-order valence-electron chi connectivity index (χ4n) is 9.70. The van der Waals surface area contributed by atoms with E-state index in [9.17, 15) is 0 Å². The van der Waals surface area contributed by atoms with Crippen molar-refractivity contribution in [1.29, 1.82) is 0 Å². The van der Waals surface area contributed by atoms with Crippen molar-refractivity contribution in [3.8, 4) is 62.1 Å². The van der Waals surface area contributed by atoms with Crippen LogP contribution < -0.4 is 0 Å². The normalized spacial score (nSPS) is 11.8. The van der Waals surface area contributed by atoms with Crippen molar-refractivity contribution in [2.75, 3.05) is 0 Å². The second-order valence-corrected chi connectivity index (χ2v) is 17.4. The topological polar surface area (TPSA) is 43.6 Å². The zero-order chi connectivity index (χ0) is 42.1. The van der Waals surface area contributed by atoms with E-state index in [1.54, 1.807) is 0 Å². The quantitative estimate of drug-likeness (QED) is 0.168. The standard InChI is InChI=1S/C59H36N4S/c1-3-16-37(17-4-1)43-23-11-12-26-47(43)59-61-57(39-19-5-2-6-20-39)60-58(62-59)42-30-32-51(63-50-28-14-13-25-45(50)48-34-40-21-7-8-22-41(40)36-52(48)63)49(35-42)46-27-15-29-53-56(46)55-44-24-10-9-18-38(44)31-33-54(55)64-53/h1-36H. The number of benzene rings is 10. The highest BCUT2D eigenvalue weighted by Crippen LogP contribution is 2.46. The van der Waals surface area contributed by atoms with Crippen LogP contribution in [0.1, 0.15) is 0 Å². The van der Waals surface area contributed by atoms with Gasteiger partial charge in [-0.05, 0) is 86.8 Å². The fourth-order valence-corrected chi connectivity index (χ4v) is 10.8. The minimum absolute atomic E-state index is 0.612. The summed E-state index contributed by atoms with van der Waals surface area (Å²) in [5.41, 5.74) is 10.6. The van der Waals surface area contributed by atoms with Gasteiger partial charge < -0.3 is 4.57 Å². The highest BCUT2D eigenvalue weighted by atomic mass is 32.1. The lowest BCUT2D eigenvalue weighted by Gasteiger charge is -2.17. The van der Waals surface area contributed by atoms with Gasteiger partial charge >= 0.3 is 0 Å². The third-order valence-electron chi connectivity index (χ3n) is 12.6. The molecule has 10 aromatic carbocycles. The minimum atomic E-state index is 0.612. The van der Waals surface area contributed by atoms with Crippen molar-refractivity contribution in [1.82, 2.24) is 19.5 Å². The maximum atomic E-state index is 5.36. The molecule has 0 saturated heterocycles. The van der Waals surface area contributed by atoms with E-state index in [2.05, 4.69) is 199 Å². The Bertz CT molecular complexity index is 3960. The molecule has 0 fully saturated rings. The van der Waals surface area contributed by atoms with Gasteiger partial charge in [0, 0.05) is 53.2 Å². The molecule has 0 atom stereocenters. The van der Waals surface area contributed by atoms with E-state index in [4.69, 9.17) is 15.0 Å². The van der Waals surface area contributed by atoms with Gasteiger partial charge in [0.1, 0.15) is 0 Å². The van der Waals surface area contributed by atoms with Crippen molar-refractivity contribution >= 4 is 74.9 Å². The Labute approximate surface area is 373 Å². The van der Waals surface area contributed by atoms with Crippen LogP contribution in [0.4, 0.5) is 0 Å². The van der Waals surface area contributed by atoms with Crippen LogP contribution in [0.15, 0.2) is 218 Å². The monoisotopic (exact) mass is 832 g/mol. The summed E-state index contributed by atoms with van der Waals surface area (Å²) in [6.45, 7) is 0. The molecule has 0 bridgehead atoms. The lowest BCUT2D eigenvalue weighted by molar-refractivity contribution is 1.07. The van der Waals surface area contributed by atoms with Crippen LogP contribution in [-0.4, -0.2) is 19.5 Å². The molecule has 0 unspecified atom stereocenters. The lowest BCUT2D eigenvalue weighted by Crippen LogP contribution is -2.02. The molecule has 5 heteroatoms. The van der Waals surface area contributed by atoms with Gasteiger partial charge in [0.2, 0.25) is 0 Å². The molecule has 13 rings (SSSR count). The molecule has 13 aromatic rings. The number of hydrogen-bond donors (Lipinski definition) is 0. The second kappa shape index (κ2) is 14.7. The summed E-state index contributed by atoms with van der Waals surface area (Å²) in [5.74, 6) is 1.86. The van der Waals surface area contributed by atoms with E-state index in [1.807, 2.05) is 35.6 Å². The minimum Gasteiger partial charge on any atom is -0.309 e. The van der Waals surface area contributed by atoms with Gasteiger partial charge in [0.05, 0.1) is 16.7 Å². The van der Waals surface area contributed by atoms with Crippen LogP contribution in [0.5, 0.6) is 0 Å². The van der Waals surface area contributed by atoms with Crippen LogP contribution in [0.25, 0.3) is 126 Å². The number of thiophene rings is 1. The largest absolute Gasteiger partial charge is 0.309 e. The van der Waals surface area contributed by atoms with E-state index >= 15 is 0 Å². The lowest BCUT2D eigenvalue weighted by atomic mass is 9.94. The first kappa shape index (κ1) is 36.4. The Morgan fingerprint density at radius 3 is 1.73 bits per heavy atom. The molecule has 3 aromatic heterocycles. The first-order valence-corrected chi connectivity index (χ1v) is 22.4. The highest BCUT2D eigenvalue weighted by molar-refractivity contribution is 7.26. The van der Waals surface area contributed by atoms with E-state index in [1.165, 1.54) is 52.5 Å². The van der Waals surface area contributed by atoms with E-state index in [0.717, 1.165) is 55.7 Å². The molecule has 0 N–H and O–H groups in total. The third-order valence-corrected chi connectivity index (χ3v) is 13.8. The van der Waals surface area contributed by atoms with Gasteiger partial charge in [0.15, 0.2) is 17.5 Å². The van der Waals surface area contributed by atoms with Crippen molar-refractivity contribution in [2.24, 2.45) is 0 Å². The summed E-state index contributed by atoms with van der Waals surface area (Å²) in [7, 11) is 0. The van der Waals surface area contributed by atoms with Gasteiger partial charge in [-0.3, -0.25) is 0 Å². The average molecular weight is 833 g/mol. The molecule has 0 aliphatic rings. The Morgan fingerprint density at radius 2 is 0.922 bits per heavy atom. The summed E-state index contributed by atoms with van der Waals surface area (Å²) in [6, 6.07) is 78.1. The average Bonchev–Trinajstić information content (AvgIpc) is 3.92. The van der Waals surface area contributed by atoms with Gasteiger partial charge in [-0.25, -0.2) is 15.0 Å². The number of rotatable bonds is 6. The van der Waals surface area contributed by atoms with Crippen LogP contribution in [-0.2, 0) is 0 Å². The Morgan fingerprint density at radius 1 is 0.312 bits per heavy atom. The zero-order valence-corrected chi connectivity index (χ0v) is 35.3. The molecule has 0 radical (unpaired) electrons. The summed E-state index contributed by atoms with van der Waals surface area (Å²) in [6.07, 6.45) is 0. The molecule has 3 heterocycles. The molecule has 0 aliphatic carbocycles. The molecule has 0 saturated carbocycles. The fraction of sp³-hybridized carbons (Fsp3) is 0. The van der Waals surface area contributed by atoms with Crippen molar-refractivity contribution < 1.29 is 0 Å². The van der Waals surface area contributed by atoms with Gasteiger partial charge in [0.25, 0.3) is 0 Å². The number of para-hydroxylation sites is 1. The predicted molar refractivity (Wildman–Crippen MR) is 269 cm³/mol. The van der Waals surface area contributed by atoms with Crippen molar-refractivity contribution in [3.63, 3.8) is 0 Å². The summed E-state index contributed by atoms with van der Waals surface area (Å²) >= 11 is 1.85. The van der Waals surface area contributed by atoms with Crippen molar-refractivity contribution in [2.45, 2.75) is 0 Å². The Hall–Kier alpha value is -8.25. The van der Waals surface area contributed by atoms with Crippen LogP contribution in [0, 0.1) is 0 Å². The molecule has 4 nitrogen and oxygen atoms in total. The van der Waals surface area contributed by atoms with E-state index in [0.29, 0.717) is 17.5 Å². The SMILES string of the molecule is c1ccc(-c2nc(-c3ccc(-n4c5ccccc5c5cc6ccccc6cc54)c(-c4cccc5sc6ccc7ccccc7c6c45)c3)nc(-c3ccccc3-c3ccccc3)n2)cc1. The van der Waals surface area contributed by atoms with Gasteiger partial charge in [-0.1, -0.05) is 170 Å². The first-order valence-electron chi connectivity index (χ1n) is 21.6. The first-order chi connectivity index (χ1) is 31.7. The molecule has 64 heavy (non-hydrogen) atoms.